The third kappa shape index (κ3) is 17.0. The number of aliphatic hydroxyl groups excluding tert-OH is 2. The molecule has 6 aromatic rings. The predicted molar refractivity (Wildman–Crippen MR) is 356 cm³/mol. The quantitative estimate of drug-likeness (QED) is 0.0930. The molecule has 11 atom stereocenters. The van der Waals surface area contributed by atoms with E-state index in [1.54, 1.807) is 23.8 Å². The molecule has 6 aromatic heterocycles. The molecule has 4 aliphatic heterocycles. The number of amides is 4. The fraction of sp³-hybridized carbons (Fsp3) is 0.662. The molecule has 93 heavy (non-hydrogen) atoms. The molecule has 4 aliphatic carbocycles. The molecule has 0 aromatic carbocycles. The van der Waals surface area contributed by atoms with Crippen LogP contribution in [0.5, 0.6) is 0 Å². The van der Waals surface area contributed by atoms with E-state index in [9.17, 15) is 24.0 Å². The topological polar surface area (TPSA) is 288 Å². The number of nitrogens with one attached hydrogen (secondary N) is 3. The Balaban J connectivity index is 0.000000130. The van der Waals surface area contributed by atoms with Gasteiger partial charge in [-0.05, 0) is 171 Å². The minimum Gasteiger partial charge on any atom is -0.444 e. The van der Waals surface area contributed by atoms with Gasteiger partial charge in [0.05, 0.1) is 16.2 Å². The smallest absolute Gasteiger partial charge is 0.410 e. The lowest BCUT2D eigenvalue weighted by Gasteiger charge is -2.37. The summed E-state index contributed by atoms with van der Waals surface area (Å²) >= 11 is 5.73. The first-order valence-electron chi connectivity index (χ1n) is 33.7. The van der Waals surface area contributed by atoms with Crippen molar-refractivity contribution in [2.24, 2.45) is 53.3 Å². The standard InChI is InChI=1S/2C17H23N5O2.C15H27NO2.C13H21NO3.C6H4ClN3/c2*1-21(17-14-4-5-18-16(14)19-10-20-17)13-3-2-11-7-22(15(24)9-23)8-12(11)6-13;1-5-11-6-7-12-9-16(10-13(12)8-11)14(17)18-15(2,3)4;1-13(2,3)17-12(16)14-7-9-4-5-11(15)6-10(9)8-14;7-5-4-1-2-8-6(4)10-3-9-5/h2*4-5,10-13,23H,2-3,6-9H2,1H3,(H,18,19,20);11-13H,5-10H2,1-4H3;9-10H,4-8H2,1-3H3;1-3H,(H,8,9,10)/t11-,12+,13+;11-,12+,13-;11?,12-,13+;9-,10+;/m0011./s1. The number of halogens is 1. The number of Topliss-reactive ketones (excluding diaryl/α,β-unsaturated/α-hetero) is 1. The number of nitrogens with zero attached hydrogens (tertiary/aromatic N) is 12. The zero-order valence-corrected chi connectivity index (χ0v) is 56.6. The van der Waals surface area contributed by atoms with Crippen molar-refractivity contribution in [2.75, 3.05) is 89.5 Å². The number of ketones is 1. The van der Waals surface area contributed by atoms with Gasteiger partial charge in [-0.15, -0.1) is 0 Å². The highest BCUT2D eigenvalue weighted by molar-refractivity contribution is 6.33. The average molecular weight is 1310 g/mol. The molecule has 4 amide bonds. The van der Waals surface area contributed by atoms with Crippen LogP contribution in [0.15, 0.2) is 55.8 Å². The van der Waals surface area contributed by atoms with Crippen LogP contribution in [0.1, 0.15) is 132 Å². The summed E-state index contributed by atoms with van der Waals surface area (Å²) in [7, 11) is 4.21. The molecule has 8 aliphatic rings. The summed E-state index contributed by atoms with van der Waals surface area (Å²) in [6, 6.07) is 6.72. The summed E-state index contributed by atoms with van der Waals surface area (Å²) in [5, 5.41) is 21.6. The van der Waals surface area contributed by atoms with Gasteiger partial charge >= 0.3 is 12.2 Å². The molecule has 25 heteroatoms. The fourth-order valence-electron chi connectivity index (χ4n) is 15.7. The fourth-order valence-corrected chi connectivity index (χ4v) is 15.9. The summed E-state index contributed by atoms with van der Waals surface area (Å²) in [6.45, 7) is 19.4. The van der Waals surface area contributed by atoms with E-state index in [2.05, 4.69) is 75.7 Å². The largest absolute Gasteiger partial charge is 0.444 e. The van der Waals surface area contributed by atoms with Crippen LogP contribution in [0.3, 0.4) is 0 Å². The number of carbonyl (C=O) groups excluding carboxylic acids is 5. The SMILES string of the molecule is CC(C)(C)OC(=O)N1C[C@H]2CCC(=O)C[C@H]2C1.CCC1CC[C@@H]2CN(C(=O)OC(C)(C)C)C[C@@H]2C1.CN(c1ncnc2[nH]ccc12)[C@@H]1CC[C@H]2CN(C(=O)CO)C[C@H]2C1.CN(c1ncnc2[nH]ccc12)[C@H]1CC[C@H]2CN(C(=O)CO)C[C@H]2C1.Clc1ncnc2[nH]ccc12. The van der Waals surface area contributed by atoms with E-state index in [-0.39, 0.29) is 42.8 Å². The van der Waals surface area contributed by atoms with Gasteiger partial charge in [0.15, 0.2) is 0 Å². The Hall–Kier alpha value is -7.18. The molecule has 0 radical (unpaired) electrons. The van der Waals surface area contributed by atoms with Crippen molar-refractivity contribution in [3.63, 3.8) is 0 Å². The number of fused-ring (bicyclic) bond motifs is 7. The monoisotopic (exact) mass is 1300 g/mol. The Morgan fingerprint density at radius 2 is 0.914 bits per heavy atom. The zero-order chi connectivity index (χ0) is 66.3. The Bertz CT molecular complexity index is 3380. The molecule has 5 N–H and O–H groups in total. The van der Waals surface area contributed by atoms with Crippen LogP contribution in [0.2, 0.25) is 5.15 Å². The number of anilines is 2. The van der Waals surface area contributed by atoms with Crippen LogP contribution in [0.4, 0.5) is 21.2 Å². The first-order valence-corrected chi connectivity index (χ1v) is 34.0. The number of hydrogen-bond donors (Lipinski definition) is 5. The summed E-state index contributed by atoms with van der Waals surface area (Å²) in [5.41, 5.74) is 1.68. The number of likely N-dealkylation sites (tertiary alicyclic amines) is 4. The van der Waals surface area contributed by atoms with Crippen LogP contribution in [0, 0.1) is 53.3 Å². The molecule has 8 fully saturated rings. The number of hydrogen-bond acceptors (Lipinski definition) is 17. The van der Waals surface area contributed by atoms with E-state index in [4.69, 9.17) is 31.3 Å². The predicted octanol–water partition coefficient (Wildman–Crippen LogP) is 9.54. The minimum absolute atomic E-state index is 0.120. The van der Waals surface area contributed by atoms with Crippen molar-refractivity contribution in [3.8, 4) is 0 Å². The molecule has 0 bridgehead atoms. The Kier molecular flexibility index (Phi) is 22.2. The average Bonchev–Trinajstić information content (AvgIpc) is 1.77. The summed E-state index contributed by atoms with van der Waals surface area (Å²) in [5.74, 6) is 7.36. The Labute approximate surface area is 550 Å². The van der Waals surface area contributed by atoms with Crippen LogP contribution in [0.25, 0.3) is 33.1 Å². The first kappa shape index (κ1) is 68.7. The number of rotatable bonds is 7. The van der Waals surface area contributed by atoms with Gasteiger partial charge in [0.2, 0.25) is 11.8 Å². The number of aromatic amines is 3. The van der Waals surface area contributed by atoms with E-state index < -0.39 is 5.60 Å². The maximum atomic E-state index is 12.1. The minimum atomic E-state index is -0.444. The number of aliphatic hydroxyl groups is 2. The van der Waals surface area contributed by atoms with E-state index >= 15 is 0 Å². The van der Waals surface area contributed by atoms with Crippen molar-refractivity contribution in [3.05, 3.63) is 60.9 Å². The normalized spacial score (nSPS) is 26.4. The summed E-state index contributed by atoms with van der Waals surface area (Å²) < 4.78 is 10.8. The molecule has 4 saturated heterocycles. The second kappa shape index (κ2) is 30.1. The van der Waals surface area contributed by atoms with Crippen LogP contribution in [-0.4, -0.2) is 207 Å². The van der Waals surface area contributed by atoms with Crippen molar-refractivity contribution < 1.29 is 43.7 Å². The lowest BCUT2D eigenvalue weighted by molar-refractivity contribution is -0.134. The number of aromatic nitrogens is 9. The maximum Gasteiger partial charge on any atom is 0.410 e. The third-order valence-corrected chi connectivity index (χ3v) is 21.0. The van der Waals surface area contributed by atoms with E-state index in [1.165, 1.54) is 32.0 Å². The number of ether oxygens (including phenoxy) is 2. The van der Waals surface area contributed by atoms with Crippen molar-refractivity contribution in [1.82, 2.24) is 64.5 Å². The summed E-state index contributed by atoms with van der Waals surface area (Å²) in [6.07, 6.45) is 23.9. The second-order valence-electron chi connectivity index (χ2n) is 29.1. The molecule has 1 unspecified atom stereocenters. The Morgan fingerprint density at radius 3 is 1.37 bits per heavy atom. The van der Waals surface area contributed by atoms with Gasteiger partial charge in [0.1, 0.15) is 82.9 Å². The van der Waals surface area contributed by atoms with Gasteiger partial charge in [-0.1, -0.05) is 31.4 Å². The molecule has 4 saturated carbocycles. The lowest BCUT2D eigenvalue weighted by Crippen LogP contribution is -2.39. The van der Waals surface area contributed by atoms with Crippen molar-refractivity contribution in [2.45, 2.75) is 155 Å². The Morgan fingerprint density at radius 1 is 0.527 bits per heavy atom. The molecule has 24 nitrogen and oxygen atoms in total. The van der Waals surface area contributed by atoms with Gasteiger partial charge in [-0.2, -0.15) is 0 Å². The molecular formula is C68H98ClN15O9. The molecule has 0 spiro atoms. The lowest BCUT2D eigenvalue weighted by atomic mass is 9.75. The highest BCUT2D eigenvalue weighted by atomic mass is 35.5. The zero-order valence-electron chi connectivity index (χ0n) is 55.8. The molecular weight excluding hydrogens is 1210 g/mol. The van der Waals surface area contributed by atoms with Crippen LogP contribution in [-0.2, 0) is 23.9 Å². The molecule has 506 valence electrons. The van der Waals surface area contributed by atoms with Gasteiger partial charge in [-0.3, -0.25) is 14.4 Å². The van der Waals surface area contributed by atoms with E-state index in [1.807, 2.05) is 86.8 Å². The first-order chi connectivity index (χ1) is 44.5. The van der Waals surface area contributed by atoms with Crippen LogP contribution >= 0.6 is 11.6 Å². The highest BCUT2D eigenvalue weighted by Gasteiger charge is 2.44. The summed E-state index contributed by atoms with van der Waals surface area (Å²) in [4.78, 5) is 105. The van der Waals surface area contributed by atoms with Gasteiger partial charge in [-0.25, -0.2) is 39.5 Å². The van der Waals surface area contributed by atoms with E-state index in [0.29, 0.717) is 77.9 Å². The number of H-pyrrole nitrogens is 3. The van der Waals surface area contributed by atoms with Crippen LogP contribution < -0.4 is 9.80 Å². The van der Waals surface area contributed by atoms with Gasteiger partial charge < -0.3 is 64.0 Å². The molecule has 10 heterocycles. The second-order valence-corrected chi connectivity index (χ2v) is 29.4. The maximum absolute atomic E-state index is 12.1. The highest BCUT2D eigenvalue weighted by Crippen LogP contribution is 2.43. The van der Waals surface area contributed by atoms with Crippen molar-refractivity contribution in [1.29, 1.82) is 0 Å². The molecule has 14 rings (SSSR count). The van der Waals surface area contributed by atoms with E-state index in [0.717, 1.165) is 153 Å². The number of carbonyl (C=O) groups is 5. The third-order valence-electron chi connectivity index (χ3n) is 20.7. The van der Waals surface area contributed by atoms with Crippen molar-refractivity contribution >= 4 is 86.1 Å². The van der Waals surface area contributed by atoms with Gasteiger partial charge in [0, 0.05) is 110 Å². The van der Waals surface area contributed by atoms with Gasteiger partial charge in [0.25, 0.3) is 0 Å².